The lowest BCUT2D eigenvalue weighted by Gasteiger charge is -2.27. The number of rotatable bonds is 4. The minimum atomic E-state index is -0.511. The molecule has 1 aliphatic heterocycles. The first-order chi connectivity index (χ1) is 12.3. The molecule has 0 spiro atoms. The van der Waals surface area contributed by atoms with Crippen molar-refractivity contribution < 1.29 is 19.1 Å². The van der Waals surface area contributed by atoms with Gasteiger partial charge in [-0.05, 0) is 45.6 Å². The van der Waals surface area contributed by atoms with Crippen molar-refractivity contribution in [3.63, 3.8) is 0 Å². The lowest BCUT2D eigenvalue weighted by atomic mass is 9.96. The molecule has 1 N–H and O–H groups in total. The van der Waals surface area contributed by atoms with Crippen molar-refractivity contribution in [1.82, 2.24) is 10.2 Å². The number of ether oxygens (including phenoxy) is 2. The minimum absolute atomic E-state index is 0.225. The normalized spacial score (nSPS) is 21.2. The molecule has 2 aliphatic rings. The fourth-order valence-corrected chi connectivity index (χ4v) is 3.46. The van der Waals surface area contributed by atoms with Crippen molar-refractivity contribution in [2.24, 2.45) is 5.92 Å². The smallest absolute Gasteiger partial charge is 0.410 e. The van der Waals surface area contributed by atoms with Gasteiger partial charge < -0.3 is 19.7 Å². The number of carbonyl (C=O) groups is 2. The van der Waals surface area contributed by atoms with Gasteiger partial charge in [0.2, 0.25) is 0 Å². The molecule has 6 heteroatoms. The second kappa shape index (κ2) is 7.17. The van der Waals surface area contributed by atoms with E-state index < -0.39 is 5.60 Å². The van der Waals surface area contributed by atoms with E-state index in [0.717, 1.165) is 24.8 Å². The molecule has 1 aromatic carbocycles. The third kappa shape index (κ3) is 4.68. The average Bonchev–Trinajstić information content (AvgIpc) is 3.16. The fraction of sp³-hybridized carbons (Fsp3) is 0.600. The van der Waals surface area contributed by atoms with Crippen molar-refractivity contribution in [2.75, 3.05) is 13.1 Å². The maximum atomic E-state index is 12.3. The van der Waals surface area contributed by atoms with Gasteiger partial charge in [0.25, 0.3) is 0 Å². The summed E-state index contributed by atoms with van der Waals surface area (Å²) in [5.41, 5.74) is 0.238. The second-order valence-corrected chi connectivity index (χ2v) is 8.25. The molecule has 2 amide bonds. The van der Waals surface area contributed by atoms with Gasteiger partial charge in [-0.15, -0.1) is 0 Å². The molecule has 0 radical (unpaired) electrons. The summed E-state index contributed by atoms with van der Waals surface area (Å²) < 4.78 is 10.8. The predicted octanol–water partition coefficient (Wildman–Crippen LogP) is 3.70. The maximum absolute atomic E-state index is 12.3. The quantitative estimate of drug-likeness (QED) is 0.889. The van der Waals surface area contributed by atoms with Crippen LogP contribution in [0.25, 0.3) is 0 Å². The molecule has 1 aromatic rings. The second-order valence-electron chi connectivity index (χ2n) is 8.25. The van der Waals surface area contributed by atoms with E-state index in [-0.39, 0.29) is 30.3 Å². The number of amides is 2. The molecule has 0 unspecified atom stereocenters. The number of hydrogen-bond donors (Lipinski definition) is 1. The third-order valence-electron chi connectivity index (χ3n) is 4.97. The first-order valence-electron chi connectivity index (χ1n) is 9.24. The number of nitrogens with one attached hydrogen (secondary N) is 1. The Hall–Kier alpha value is -2.24. The lowest BCUT2D eigenvalue weighted by Crippen LogP contribution is -2.46. The minimum Gasteiger partial charge on any atom is -0.445 e. The summed E-state index contributed by atoms with van der Waals surface area (Å²) in [6, 6.07) is 9.65. The Morgan fingerprint density at radius 2 is 1.92 bits per heavy atom. The predicted molar refractivity (Wildman–Crippen MR) is 97.6 cm³/mol. The van der Waals surface area contributed by atoms with E-state index in [9.17, 15) is 9.59 Å². The zero-order valence-electron chi connectivity index (χ0n) is 15.8. The summed E-state index contributed by atoms with van der Waals surface area (Å²) >= 11 is 0. The van der Waals surface area contributed by atoms with Gasteiger partial charge in [-0.2, -0.15) is 0 Å². The Labute approximate surface area is 154 Å². The van der Waals surface area contributed by atoms with Crippen LogP contribution in [-0.4, -0.2) is 41.3 Å². The summed E-state index contributed by atoms with van der Waals surface area (Å²) in [7, 11) is 0. The highest BCUT2D eigenvalue weighted by molar-refractivity contribution is 5.70. The van der Waals surface area contributed by atoms with Crippen LogP contribution in [-0.2, 0) is 16.1 Å². The molecule has 1 aliphatic carbocycles. The maximum Gasteiger partial charge on any atom is 0.410 e. The SMILES string of the molecule is CC(C)(C)OC(=O)NC1([C@@H]2CCN(C(=O)OCc3ccccc3)C2)CC1. The zero-order valence-corrected chi connectivity index (χ0v) is 15.8. The van der Waals surface area contributed by atoms with Crippen molar-refractivity contribution in [3.05, 3.63) is 35.9 Å². The highest BCUT2D eigenvalue weighted by Crippen LogP contribution is 2.46. The Kier molecular flexibility index (Phi) is 5.12. The zero-order chi connectivity index (χ0) is 18.8. The molecule has 0 aromatic heterocycles. The molecule has 6 nitrogen and oxygen atoms in total. The number of likely N-dealkylation sites (tertiary alicyclic amines) is 1. The van der Waals surface area contributed by atoms with Crippen molar-refractivity contribution in [3.8, 4) is 0 Å². The molecule has 26 heavy (non-hydrogen) atoms. The monoisotopic (exact) mass is 360 g/mol. The number of alkyl carbamates (subject to hydrolysis) is 1. The first-order valence-corrected chi connectivity index (χ1v) is 9.24. The van der Waals surface area contributed by atoms with Crippen LogP contribution in [0.4, 0.5) is 9.59 Å². The van der Waals surface area contributed by atoms with Crippen molar-refractivity contribution in [1.29, 1.82) is 0 Å². The van der Waals surface area contributed by atoms with E-state index in [0.29, 0.717) is 13.1 Å². The van der Waals surface area contributed by atoms with Crippen LogP contribution in [0, 0.1) is 5.92 Å². The van der Waals surface area contributed by atoms with E-state index in [2.05, 4.69) is 5.32 Å². The molecule has 3 rings (SSSR count). The summed E-state index contributed by atoms with van der Waals surface area (Å²) in [6.45, 7) is 7.12. The highest BCUT2D eigenvalue weighted by atomic mass is 16.6. The van der Waals surface area contributed by atoms with Crippen LogP contribution < -0.4 is 5.32 Å². The van der Waals surface area contributed by atoms with Gasteiger partial charge in [-0.3, -0.25) is 0 Å². The number of hydrogen-bond acceptors (Lipinski definition) is 4. The first kappa shape index (κ1) is 18.5. The van der Waals surface area contributed by atoms with Gasteiger partial charge in [0.1, 0.15) is 12.2 Å². The molecule has 1 heterocycles. The Bertz CT molecular complexity index is 650. The van der Waals surface area contributed by atoms with E-state index >= 15 is 0 Å². The van der Waals surface area contributed by atoms with Crippen LogP contribution in [0.15, 0.2) is 30.3 Å². The summed E-state index contributed by atoms with van der Waals surface area (Å²) in [6.07, 6.45) is 2.08. The van der Waals surface area contributed by atoms with E-state index in [4.69, 9.17) is 9.47 Å². The van der Waals surface area contributed by atoms with Crippen LogP contribution >= 0.6 is 0 Å². The molecular weight excluding hydrogens is 332 g/mol. The number of nitrogens with zero attached hydrogens (tertiary/aromatic N) is 1. The lowest BCUT2D eigenvalue weighted by molar-refractivity contribution is 0.0475. The van der Waals surface area contributed by atoms with Crippen LogP contribution in [0.5, 0.6) is 0 Å². The Morgan fingerprint density at radius 1 is 1.23 bits per heavy atom. The molecule has 2 fully saturated rings. The van der Waals surface area contributed by atoms with Gasteiger partial charge in [0.05, 0.1) is 0 Å². The molecule has 142 valence electrons. The standard InChI is InChI=1S/C20H28N2O4/c1-19(2,3)26-17(23)21-20(10-11-20)16-9-12-22(13-16)18(24)25-14-15-7-5-4-6-8-15/h4-8,16H,9-14H2,1-3H3,(H,21,23)/t16-/m1/s1. The molecule has 0 bridgehead atoms. The summed E-state index contributed by atoms with van der Waals surface area (Å²) in [4.78, 5) is 26.2. The Balaban J connectivity index is 1.48. The van der Waals surface area contributed by atoms with Crippen LogP contribution in [0.2, 0.25) is 0 Å². The van der Waals surface area contributed by atoms with Crippen LogP contribution in [0.3, 0.4) is 0 Å². The van der Waals surface area contributed by atoms with Gasteiger partial charge in [-0.1, -0.05) is 30.3 Å². The van der Waals surface area contributed by atoms with Gasteiger partial charge in [0.15, 0.2) is 0 Å². The van der Waals surface area contributed by atoms with Crippen molar-refractivity contribution in [2.45, 2.75) is 57.8 Å². The molecule has 1 saturated carbocycles. The van der Waals surface area contributed by atoms with Gasteiger partial charge in [-0.25, -0.2) is 9.59 Å². The molecule has 1 atom stereocenters. The topological polar surface area (TPSA) is 67.9 Å². The average molecular weight is 360 g/mol. The van der Waals surface area contributed by atoms with Gasteiger partial charge in [0, 0.05) is 24.5 Å². The van der Waals surface area contributed by atoms with Crippen molar-refractivity contribution >= 4 is 12.2 Å². The largest absolute Gasteiger partial charge is 0.445 e. The van der Waals surface area contributed by atoms with Crippen LogP contribution in [0.1, 0.15) is 45.6 Å². The molecule has 1 saturated heterocycles. The van der Waals surface area contributed by atoms with E-state index in [1.54, 1.807) is 4.90 Å². The summed E-state index contributed by atoms with van der Waals surface area (Å²) in [5, 5.41) is 3.04. The van der Waals surface area contributed by atoms with E-state index in [1.165, 1.54) is 0 Å². The Morgan fingerprint density at radius 3 is 2.54 bits per heavy atom. The van der Waals surface area contributed by atoms with Gasteiger partial charge >= 0.3 is 12.2 Å². The third-order valence-corrected chi connectivity index (χ3v) is 4.97. The van der Waals surface area contributed by atoms with E-state index in [1.807, 2.05) is 51.1 Å². The molecular formula is C20H28N2O4. The highest BCUT2D eigenvalue weighted by Gasteiger charge is 2.53. The fourth-order valence-electron chi connectivity index (χ4n) is 3.46. The number of carbonyl (C=O) groups excluding carboxylic acids is 2. The summed E-state index contributed by atoms with van der Waals surface area (Å²) in [5.74, 6) is 0.249. The number of benzene rings is 1.